The normalized spacial score (nSPS) is 13.0. The lowest BCUT2D eigenvalue weighted by Gasteiger charge is -2.09. The van der Waals surface area contributed by atoms with Crippen molar-refractivity contribution in [2.45, 2.75) is 39.2 Å². The standard InChI is InChI=1S/C10H20N4O/c1-3-8(15-4-2)10-12-9(13-14-10)6-5-7-11/h8H,3-7,11H2,1-2H3,(H,12,13,14). The fraction of sp³-hybridized carbons (Fsp3) is 0.800. The molecule has 0 saturated carbocycles. The van der Waals surface area contributed by atoms with Crippen LogP contribution < -0.4 is 5.73 Å². The third kappa shape index (κ3) is 3.60. The first-order valence-corrected chi connectivity index (χ1v) is 5.54. The summed E-state index contributed by atoms with van der Waals surface area (Å²) in [7, 11) is 0. The number of aromatic nitrogens is 3. The van der Waals surface area contributed by atoms with Gasteiger partial charge in [0.15, 0.2) is 5.82 Å². The third-order valence-electron chi connectivity index (χ3n) is 2.19. The predicted octanol–water partition coefficient (Wildman–Crippen LogP) is 1.18. The van der Waals surface area contributed by atoms with Gasteiger partial charge in [0.05, 0.1) is 0 Å². The van der Waals surface area contributed by atoms with Gasteiger partial charge in [-0.15, -0.1) is 0 Å². The average molecular weight is 212 g/mol. The molecule has 5 heteroatoms. The first-order chi connectivity index (χ1) is 7.31. The summed E-state index contributed by atoms with van der Waals surface area (Å²) in [5, 5.41) is 7.07. The number of H-pyrrole nitrogens is 1. The van der Waals surface area contributed by atoms with Crippen molar-refractivity contribution in [2.24, 2.45) is 5.73 Å². The van der Waals surface area contributed by atoms with Crippen molar-refractivity contribution in [3.05, 3.63) is 11.6 Å². The van der Waals surface area contributed by atoms with Crippen LogP contribution in [0.25, 0.3) is 0 Å². The molecule has 0 aromatic carbocycles. The van der Waals surface area contributed by atoms with E-state index in [4.69, 9.17) is 10.5 Å². The average Bonchev–Trinajstić information content (AvgIpc) is 2.71. The molecule has 0 radical (unpaired) electrons. The lowest BCUT2D eigenvalue weighted by atomic mass is 10.2. The molecule has 0 aliphatic carbocycles. The summed E-state index contributed by atoms with van der Waals surface area (Å²) >= 11 is 0. The largest absolute Gasteiger partial charge is 0.370 e. The topological polar surface area (TPSA) is 76.8 Å². The number of aromatic amines is 1. The van der Waals surface area contributed by atoms with E-state index in [9.17, 15) is 0 Å². The molecule has 0 amide bonds. The minimum Gasteiger partial charge on any atom is -0.370 e. The predicted molar refractivity (Wildman–Crippen MR) is 58.4 cm³/mol. The van der Waals surface area contributed by atoms with E-state index in [0.717, 1.165) is 30.9 Å². The zero-order valence-electron chi connectivity index (χ0n) is 9.49. The molecular formula is C10H20N4O. The highest BCUT2D eigenvalue weighted by Crippen LogP contribution is 2.16. The fourth-order valence-electron chi connectivity index (χ4n) is 1.41. The monoisotopic (exact) mass is 212 g/mol. The molecule has 3 N–H and O–H groups in total. The first kappa shape index (κ1) is 12.1. The van der Waals surface area contributed by atoms with Crippen molar-refractivity contribution in [3.63, 3.8) is 0 Å². The van der Waals surface area contributed by atoms with E-state index in [1.807, 2.05) is 6.92 Å². The Labute approximate surface area is 90.4 Å². The maximum absolute atomic E-state index is 5.53. The molecular weight excluding hydrogens is 192 g/mol. The maximum atomic E-state index is 5.53. The van der Waals surface area contributed by atoms with Crippen LogP contribution in [0.1, 0.15) is 44.4 Å². The highest BCUT2D eigenvalue weighted by atomic mass is 16.5. The van der Waals surface area contributed by atoms with Gasteiger partial charge in [0.2, 0.25) is 0 Å². The van der Waals surface area contributed by atoms with Crippen LogP contribution in [0.5, 0.6) is 0 Å². The molecule has 5 nitrogen and oxygen atoms in total. The summed E-state index contributed by atoms with van der Waals surface area (Å²) in [5.74, 6) is 1.65. The van der Waals surface area contributed by atoms with E-state index in [-0.39, 0.29) is 6.10 Å². The van der Waals surface area contributed by atoms with Gasteiger partial charge >= 0.3 is 0 Å². The van der Waals surface area contributed by atoms with Crippen molar-refractivity contribution >= 4 is 0 Å². The summed E-state index contributed by atoms with van der Waals surface area (Å²) in [5.41, 5.74) is 5.43. The Bertz CT molecular complexity index is 274. The summed E-state index contributed by atoms with van der Waals surface area (Å²) in [6.07, 6.45) is 2.69. The van der Waals surface area contributed by atoms with Crippen molar-refractivity contribution in [3.8, 4) is 0 Å². The molecule has 1 heterocycles. The Hall–Kier alpha value is -0.940. The Balaban J connectivity index is 2.56. The van der Waals surface area contributed by atoms with Crippen LogP contribution in [-0.2, 0) is 11.2 Å². The van der Waals surface area contributed by atoms with Crippen LogP contribution in [-0.4, -0.2) is 28.3 Å². The van der Waals surface area contributed by atoms with Gasteiger partial charge in [0.25, 0.3) is 0 Å². The number of nitrogens with one attached hydrogen (secondary N) is 1. The van der Waals surface area contributed by atoms with Crippen LogP contribution in [0.3, 0.4) is 0 Å². The van der Waals surface area contributed by atoms with Gasteiger partial charge in [-0.1, -0.05) is 6.92 Å². The summed E-state index contributed by atoms with van der Waals surface area (Å²) in [6.45, 7) is 5.41. The van der Waals surface area contributed by atoms with E-state index in [1.165, 1.54) is 0 Å². The molecule has 1 unspecified atom stereocenters. The lowest BCUT2D eigenvalue weighted by molar-refractivity contribution is 0.0537. The zero-order chi connectivity index (χ0) is 11.1. The molecule has 1 aromatic rings. The van der Waals surface area contributed by atoms with Crippen molar-refractivity contribution in [2.75, 3.05) is 13.2 Å². The SMILES string of the molecule is CCOC(CC)c1n[nH]c(CCCN)n1. The van der Waals surface area contributed by atoms with Gasteiger partial charge in [0.1, 0.15) is 11.9 Å². The van der Waals surface area contributed by atoms with E-state index < -0.39 is 0 Å². The fourth-order valence-corrected chi connectivity index (χ4v) is 1.41. The number of nitrogens with two attached hydrogens (primary N) is 1. The molecule has 15 heavy (non-hydrogen) atoms. The van der Waals surface area contributed by atoms with Crippen molar-refractivity contribution in [1.82, 2.24) is 15.2 Å². The summed E-state index contributed by atoms with van der Waals surface area (Å²) in [6, 6.07) is 0. The highest BCUT2D eigenvalue weighted by molar-refractivity contribution is 4.94. The second-order valence-corrected chi connectivity index (χ2v) is 3.38. The summed E-state index contributed by atoms with van der Waals surface area (Å²) < 4.78 is 5.53. The maximum Gasteiger partial charge on any atom is 0.179 e. The number of nitrogens with zero attached hydrogens (tertiary/aromatic N) is 2. The Kier molecular flexibility index (Phi) is 5.28. The quantitative estimate of drug-likeness (QED) is 0.711. The molecule has 0 fully saturated rings. The van der Waals surface area contributed by atoms with Crippen LogP contribution >= 0.6 is 0 Å². The van der Waals surface area contributed by atoms with Gasteiger partial charge in [-0.05, 0) is 26.3 Å². The van der Waals surface area contributed by atoms with E-state index >= 15 is 0 Å². The van der Waals surface area contributed by atoms with Crippen molar-refractivity contribution in [1.29, 1.82) is 0 Å². The minimum absolute atomic E-state index is 0.0119. The van der Waals surface area contributed by atoms with E-state index in [2.05, 4.69) is 22.1 Å². The molecule has 0 spiro atoms. The second kappa shape index (κ2) is 6.53. The van der Waals surface area contributed by atoms with E-state index in [1.54, 1.807) is 0 Å². The number of hydrogen-bond donors (Lipinski definition) is 2. The van der Waals surface area contributed by atoms with Gasteiger partial charge in [-0.25, -0.2) is 4.98 Å². The number of hydrogen-bond acceptors (Lipinski definition) is 4. The molecule has 1 atom stereocenters. The molecule has 0 bridgehead atoms. The molecule has 0 saturated heterocycles. The van der Waals surface area contributed by atoms with Crippen LogP contribution in [0.2, 0.25) is 0 Å². The van der Waals surface area contributed by atoms with E-state index in [0.29, 0.717) is 13.2 Å². The Morgan fingerprint density at radius 2 is 2.27 bits per heavy atom. The first-order valence-electron chi connectivity index (χ1n) is 5.54. The highest BCUT2D eigenvalue weighted by Gasteiger charge is 2.14. The molecule has 1 rings (SSSR count). The van der Waals surface area contributed by atoms with Gasteiger partial charge < -0.3 is 10.5 Å². The van der Waals surface area contributed by atoms with Crippen molar-refractivity contribution < 1.29 is 4.74 Å². The van der Waals surface area contributed by atoms with Crippen LogP contribution in [0, 0.1) is 0 Å². The van der Waals surface area contributed by atoms with Gasteiger partial charge in [0, 0.05) is 13.0 Å². The number of rotatable bonds is 7. The second-order valence-electron chi connectivity index (χ2n) is 3.38. The Morgan fingerprint density at radius 3 is 2.87 bits per heavy atom. The molecule has 1 aromatic heterocycles. The van der Waals surface area contributed by atoms with Gasteiger partial charge in [-0.3, -0.25) is 5.10 Å². The van der Waals surface area contributed by atoms with Crippen LogP contribution in [0.15, 0.2) is 0 Å². The molecule has 0 aliphatic heterocycles. The summed E-state index contributed by atoms with van der Waals surface area (Å²) in [4.78, 5) is 4.39. The van der Waals surface area contributed by atoms with Crippen LogP contribution in [0.4, 0.5) is 0 Å². The third-order valence-corrected chi connectivity index (χ3v) is 2.19. The lowest BCUT2D eigenvalue weighted by Crippen LogP contribution is -2.05. The minimum atomic E-state index is 0.0119. The number of aryl methyl sites for hydroxylation is 1. The molecule has 0 aliphatic rings. The Morgan fingerprint density at radius 1 is 1.47 bits per heavy atom. The van der Waals surface area contributed by atoms with Gasteiger partial charge in [-0.2, -0.15) is 5.10 Å². The zero-order valence-corrected chi connectivity index (χ0v) is 9.49. The molecule has 86 valence electrons. The smallest absolute Gasteiger partial charge is 0.179 e. The number of ether oxygens (including phenoxy) is 1.